The van der Waals surface area contributed by atoms with Gasteiger partial charge in [0.1, 0.15) is 7.05 Å². The van der Waals surface area contributed by atoms with E-state index in [1.54, 1.807) is 48.6 Å². The normalized spacial score (nSPS) is 18.2. The van der Waals surface area contributed by atoms with Gasteiger partial charge in [0, 0.05) is 64.8 Å². The van der Waals surface area contributed by atoms with E-state index in [0.717, 1.165) is 0 Å². The van der Waals surface area contributed by atoms with Crippen LogP contribution in [0.1, 0.15) is 37.9 Å². The van der Waals surface area contributed by atoms with Gasteiger partial charge in [-0.2, -0.15) is 21.4 Å². The fourth-order valence-corrected chi connectivity index (χ4v) is 6.79. The molecule has 1 aliphatic heterocycles. The third-order valence-corrected chi connectivity index (χ3v) is 9.81. The molecule has 5 rings (SSSR count). The average Bonchev–Trinajstić information content (AvgIpc) is 3.17. The Balaban J connectivity index is 1.53. The first-order chi connectivity index (χ1) is 20.9. The van der Waals surface area contributed by atoms with Crippen LogP contribution in [0, 0.1) is 10.1 Å². The summed E-state index contributed by atoms with van der Waals surface area (Å²) in [7, 11) is -6.99. The van der Waals surface area contributed by atoms with Gasteiger partial charge in [-0.15, -0.1) is 0 Å². The highest BCUT2D eigenvalue weighted by molar-refractivity contribution is 7.86. The lowest BCUT2D eigenvalue weighted by Gasteiger charge is -2.32. The number of rotatable bonds is 9. The number of carbonyl (C=O) groups excluding carboxylic acids is 1. The first kappa shape index (κ1) is 32.0. The minimum atomic E-state index is -4.53. The predicted molar refractivity (Wildman–Crippen MR) is 162 cm³/mol. The summed E-state index contributed by atoms with van der Waals surface area (Å²) in [6.07, 6.45) is 3.33. The molecule has 0 atom stereocenters. The molecule has 45 heavy (non-hydrogen) atoms. The molecule has 0 fully saturated rings. The Morgan fingerprint density at radius 3 is 2.33 bits per heavy atom. The topological polar surface area (TPSA) is 199 Å². The van der Waals surface area contributed by atoms with Gasteiger partial charge in [0.2, 0.25) is 11.2 Å². The van der Waals surface area contributed by atoms with Gasteiger partial charge in [0.05, 0.1) is 21.0 Å². The fraction of sp³-hybridized carbons (Fsp3) is 0.267. The molecular weight excluding hydrogens is 626 g/mol. The lowest BCUT2D eigenvalue weighted by Crippen LogP contribution is -2.35. The van der Waals surface area contributed by atoms with Crippen LogP contribution in [0.2, 0.25) is 0 Å². The van der Waals surface area contributed by atoms with Gasteiger partial charge in [0.15, 0.2) is 5.78 Å². The van der Waals surface area contributed by atoms with Crippen LogP contribution in [0.15, 0.2) is 82.1 Å². The second-order valence-electron chi connectivity index (χ2n) is 11.4. The molecular formula is C30H29N3O10S2. The highest BCUT2D eigenvalue weighted by Gasteiger charge is 2.42. The molecule has 0 saturated heterocycles. The van der Waals surface area contributed by atoms with E-state index in [1.165, 1.54) is 42.5 Å². The summed E-state index contributed by atoms with van der Waals surface area (Å²) in [6.45, 7) is 3.77. The summed E-state index contributed by atoms with van der Waals surface area (Å²) >= 11 is 0. The van der Waals surface area contributed by atoms with Crippen molar-refractivity contribution >= 4 is 54.4 Å². The number of hydrogen-bond acceptors (Lipinski definition) is 9. The lowest BCUT2D eigenvalue weighted by molar-refractivity contribution is -0.646. The number of nitro groups is 1. The number of nitro benzene ring substituents is 1. The SMILES string of the molecule is C[n+]1c(C=C2C(=O)C(C=C3N(CCCCS(=O)(=O)O)c4ccc(S(=O)(=O)O)cc4C3(C)C)=C2[O-])ccc2cc([N+](=O)[O-])ccc21. The predicted octanol–water partition coefficient (Wildman–Crippen LogP) is 2.75. The maximum Gasteiger partial charge on any atom is 0.294 e. The number of anilines is 1. The number of Topliss-reactive ketones (excluding diaryl/α,β-unsaturated/α-hetero) is 1. The Labute approximate surface area is 259 Å². The van der Waals surface area contributed by atoms with Crippen LogP contribution in [0.4, 0.5) is 11.4 Å². The summed E-state index contributed by atoms with van der Waals surface area (Å²) < 4.78 is 66.6. The molecule has 1 aliphatic carbocycles. The first-order valence-electron chi connectivity index (χ1n) is 13.7. The smallest absolute Gasteiger partial charge is 0.294 e. The van der Waals surface area contributed by atoms with Crippen LogP contribution in [0.5, 0.6) is 0 Å². The van der Waals surface area contributed by atoms with Crippen LogP contribution in [-0.4, -0.2) is 48.9 Å². The number of allylic oxidation sites excluding steroid dienone is 4. The number of fused-ring (bicyclic) bond motifs is 2. The molecule has 2 N–H and O–H groups in total. The number of unbranched alkanes of at least 4 members (excludes halogenated alkanes) is 1. The molecule has 0 radical (unpaired) electrons. The lowest BCUT2D eigenvalue weighted by atomic mass is 9.80. The molecule has 2 heterocycles. The molecule has 0 bridgehead atoms. The number of non-ortho nitro benzene ring substituents is 1. The third kappa shape index (κ3) is 5.99. The summed E-state index contributed by atoms with van der Waals surface area (Å²) in [5.74, 6) is -1.47. The van der Waals surface area contributed by atoms with Gasteiger partial charge in [0.25, 0.3) is 25.9 Å². The molecule has 0 spiro atoms. The van der Waals surface area contributed by atoms with Crippen LogP contribution >= 0.6 is 0 Å². The number of benzene rings is 2. The molecule has 2 aliphatic rings. The summed E-state index contributed by atoms with van der Waals surface area (Å²) in [6, 6.07) is 11.7. The number of ketones is 1. The van der Waals surface area contributed by atoms with E-state index in [4.69, 9.17) is 4.55 Å². The fourth-order valence-electron chi connectivity index (χ4n) is 5.72. The number of nitrogens with zero attached hydrogens (tertiary/aromatic N) is 3. The van der Waals surface area contributed by atoms with Crippen LogP contribution in [0.25, 0.3) is 17.0 Å². The Morgan fingerprint density at radius 2 is 1.71 bits per heavy atom. The van der Waals surface area contributed by atoms with Gasteiger partial charge in [-0.05, 0) is 48.7 Å². The van der Waals surface area contributed by atoms with Gasteiger partial charge in [-0.1, -0.05) is 19.6 Å². The van der Waals surface area contributed by atoms with Crippen molar-refractivity contribution in [3.05, 3.63) is 98.6 Å². The molecule has 15 heteroatoms. The number of aromatic nitrogens is 1. The van der Waals surface area contributed by atoms with Crippen molar-refractivity contribution in [3.63, 3.8) is 0 Å². The molecule has 0 amide bonds. The molecule has 236 valence electrons. The highest BCUT2D eigenvalue weighted by Crippen LogP contribution is 2.49. The zero-order valence-corrected chi connectivity index (χ0v) is 26.1. The largest absolute Gasteiger partial charge is 0.871 e. The number of aryl methyl sites for hydroxylation is 1. The Bertz CT molecular complexity index is 2110. The summed E-state index contributed by atoms with van der Waals surface area (Å²) in [5, 5.41) is 25.1. The Morgan fingerprint density at radius 1 is 1.00 bits per heavy atom. The van der Waals surface area contributed by atoms with Crippen molar-refractivity contribution in [2.75, 3.05) is 17.2 Å². The monoisotopic (exact) mass is 655 g/mol. The molecule has 0 saturated carbocycles. The third-order valence-electron chi connectivity index (χ3n) is 8.15. The minimum absolute atomic E-state index is 0.0552. The average molecular weight is 656 g/mol. The number of pyridine rings is 1. The number of carbonyl (C=O) groups is 1. The molecule has 0 unspecified atom stereocenters. The van der Waals surface area contributed by atoms with Crippen LogP contribution in [-0.2, 0) is 37.5 Å². The molecule has 13 nitrogen and oxygen atoms in total. The van der Waals surface area contributed by atoms with Gasteiger partial charge >= 0.3 is 0 Å². The Hall–Kier alpha value is -4.44. The zero-order valence-electron chi connectivity index (χ0n) is 24.4. The second-order valence-corrected chi connectivity index (χ2v) is 14.4. The van der Waals surface area contributed by atoms with Crippen LogP contribution < -0.4 is 14.6 Å². The van der Waals surface area contributed by atoms with Crippen molar-refractivity contribution < 1.29 is 45.3 Å². The van der Waals surface area contributed by atoms with E-state index in [-0.39, 0.29) is 34.7 Å². The Kier molecular flexibility index (Phi) is 7.94. The van der Waals surface area contributed by atoms with Crippen molar-refractivity contribution in [2.24, 2.45) is 7.05 Å². The zero-order chi connectivity index (χ0) is 33.1. The van der Waals surface area contributed by atoms with Gasteiger partial charge in [-0.3, -0.25) is 24.0 Å². The quantitative estimate of drug-likeness (QED) is 0.0858. The van der Waals surface area contributed by atoms with E-state index < -0.39 is 47.9 Å². The molecule has 2 aromatic carbocycles. The van der Waals surface area contributed by atoms with Crippen molar-refractivity contribution in [1.82, 2.24) is 0 Å². The minimum Gasteiger partial charge on any atom is -0.871 e. The van der Waals surface area contributed by atoms with E-state index in [1.807, 2.05) is 0 Å². The van der Waals surface area contributed by atoms with Gasteiger partial charge < -0.3 is 10.0 Å². The van der Waals surface area contributed by atoms with Gasteiger partial charge in [-0.25, -0.2) is 0 Å². The summed E-state index contributed by atoms with van der Waals surface area (Å²) in [5.41, 5.74) is 1.59. The van der Waals surface area contributed by atoms with E-state index >= 15 is 0 Å². The number of hydrogen-bond donors (Lipinski definition) is 2. The second kappa shape index (κ2) is 11.2. The standard InChI is InChI=1S/C30H29N3O10S2/c1-30(2)24-16-21(45(41,42)43)9-11-26(24)32(12-4-5-13-44(38,39)40)27(30)17-23-28(34)22(29(23)35)15-19-7-6-18-14-20(33(36)37)8-10-25(18)31(19)3/h6-11,14-17H,4-5,12-13H2,1-3H3,(H2-,34,35,38,39,40,41,42,43). The molecule has 3 aromatic rings. The van der Waals surface area contributed by atoms with E-state index in [9.17, 15) is 41.4 Å². The van der Waals surface area contributed by atoms with E-state index in [2.05, 4.69) is 0 Å². The maximum absolute atomic E-state index is 13.3. The van der Waals surface area contributed by atoms with Crippen molar-refractivity contribution in [3.8, 4) is 0 Å². The van der Waals surface area contributed by atoms with E-state index in [0.29, 0.717) is 40.0 Å². The highest BCUT2D eigenvalue weighted by atomic mass is 32.2. The molecule has 1 aromatic heterocycles. The maximum atomic E-state index is 13.3. The summed E-state index contributed by atoms with van der Waals surface area (Å²) in [4.78, 5) is 25.4. The van der Waals surface area contributed by atoms with Crippen molar-refractivity contribution in [2.45, 2.75) is 37.0 Å². The van der Waals surface area contributed by atoms with Crippen LogP contribution in [0.3, 0.4) is 0 Å². The van der Waals surface area contributed by atoms with Crippen molar-refractivity contribution in [1.29, 1.82) is 0 Å². The first-order valence-corrected chi connectivity index (χ1v) is 16.8.